The first kappa shape index (κ1) is 17.0. The molecule has 0 radical (unpaired) electrons. The van der Waals surface area contributed by atoms with Crippen LogP contribution in [0.5, 0.6) is 0 Å². The number of hydrogen-bond acceptors (Lipinski definition) is 7. The van der Waals surface area contributed by atoms with Crippen LogP contribution in [0.15, 0.2) is 22.8 Å². The highest BCUT2D eigenvalue weighted by Gasteiger charge is 2.43. The van der Waals surface area contributed by atoms with Crippen molar-refractivity contribution in [1.82, 2.24) is 5.32 Å². The van der Waals surface area contributed by atoms with Crippen LogP contribution in [0.2, 0.25) is 0 Å². The molecule has 3 atom stereocenters. The molecule has 2 rings (SSSR count). The molecule has 2 unspecified atom stereocenters. The van der Waals surface area contributed by atoms with Crippen LogP contribution in [0.3, 0.4) is 0 Å². The Balaban J connectivity index is 1.94. The number of carbonyl (C=O) groups excluding carboxylic acids is 3. The molecule has 1 saturated heterocycles. The van der Waals surface area contributed by atoms with E-state index in [2.05, 4.69) is 10.1 Å². The molecule has 0 aromatic carbocycles. The summed E-state index contributed by atoms with van der Waals surface area (Å²) in [6, 6.07) is 2.09. The molecular weight excluding hydrogens is 306 g/mol. The van der Waals surface area contributed by atoms with Crippen molar-refractivity contribution >= 4 is 18.0 Å². The lowest BCUT2D eigenvalue weighted by Gasteiger charge is -2.19. The Kier molecular flexibility index (Phi) is 4.74. The van der Waals surface area contributed by atoms with Crippen molar-refractivity contribution in [2.75, 3.05) is 0 Å². The van der Waals surface area contributed by atoms with Crippen molar-refractivity contribution in [1.29, 1.82) is 0 Å². The van der Waals surface area contributed by atoms with Crippen molar-refractivity contribution < 1.29 is 33.4 Å². The van der Waals surface area contributed by atoms with Crippen LogP contribution in [0.1, 0.15) is 39.1 Å². The van der Waals surface area contributed by atoms with Gasteiger partial charge in [0.2, 0.25) is 5.91 Å². The second kappa shape index (κ2) is 6.41. The Labute approximate surface area is 132 Å². The number of aliphatic hydroxyl groups is 1. The zero-order valence-electron chi connectivity index (χ0n) is 13.1. The fourth-order valence-electron chi connectivity index (χ4n) is 2.21. The van der Waals surface area contributed by atoms with E-state index in [0.717, 1.165) is 0 Å². The van der Waals surface area contributed by atoms with Crippen LogP contribution < -0.4 is 5.32 Å². The maximum Gasteiger partial charge on any atom is 0.516 e. The average Bonchev–Trinajstić information content (AvgIpc) is 3.04. The molecule has 23 heavy (non-hydrogen) atoms. The molecular formula is C15H19NO7. The predicted molar refractivity (Wildman–Crippen MR) is 76.0 cm³/mol. The van der Waals surface area contributed by atoms with E-state index in [0.29, 0.717) is 0 Å². The number of rotatable bonds is 3. The number of aliphatic hydroxyl groups excluding tert-OH is 1. The van der Waals surface area contributed by atoms with Gasteiger partial charge in [0, 0.05) is 0 Å². The number of esters is 1. The quantitative estimate of drug-likeness (QED) is 0.635. The maximum absolute atomic E-state index is 11.9. The summed E-state index contributed by atoms with van der Waals surface area (Å²) < 4.78 is 14.5. The number of nitrogens with one attached hydrogen (secondary N) is 1. The molecule has 1 aromatic heterocycles. The summed E-state index contributed by atoms with van der Waals surface area (Å²) in [5, 5.41) is 12.5. The number of ether oxygens (including phenoxy) is 2. The lowest BCUT2D eigenvalue weighted by molar-refractivity contribution is -0.144. The summed E-state index contributed by atoms with van der Waals surface area (Å²) in [6.45, 7) is 4.89. The summed E-state index contributed by atoms with van der Waals surface area (Å²) in [7, 11) is 0. The SMILES string of the molecule is CC(C)(C)OC(=O)OC(=O)[C@@H]1CC(C(O)c2ccco2)C(=O)N1. The van der Waals surface area contributed by atoms with Crippen LogP contribution in [-0.2, 0) is 19.1 Å². The molecule has 8 heteroatoms. The van der Waals surface area contributed by atoms with Gasteiger partial charge >= 0.3 is 12.1 Å². The second-order valence-electron chi connectivity index (χ2n) is 6.25. The van der Waals surface area contributed by atoms with Gasteiger partial charge in [-0.25, -0.2) is 9.59 Å². The van der Waals surface area contributed by atoms with E-state index in [4.69, 9.17) is 9.15 Å². The third-order valence-electron chi connectivity index (χ3n) is 3.22. The van der Waals surface area contributed by atoms with E-state index in [1.165, 1.54) is 12.3 Å². The molecule has 2 heterocycles. The van der Waals surface area contributed by atoms with E-state index in [-0.39, 0.29) is 12.2 Å². The highest BCUT2D eigenvalue weighted by Crippen LogP contribution is 2.30. The van der Waals surface area contributed by atoms with Crippen molar-refractivity contribution in [3.63, 3.8) is 0 Å². The summed E-state index contributed by atoms with van der Waals surface area (Å²) in [4.78, 5) is 35.3. The number of amides is 1. The minimum absolute atomic E-state index is 0.0116. The van der Waals surface area contributed by atoms with Gasteiger partial charge in [0.15, 0.2) is 0 Å². The molecule has 1 fully saturated rings. The summed E-state index contributed by atoms with van der Waals surface area (Å²) >= 11 is 0. The van der Waals surface area contributed by atoms with Crippen molar-refractivity contribution in [3.8, 4) is 0 Å². The Hall–Kier alpha value is -2.35. The largest absolute Gasteiger partial charge is 0.516 e. The zero-order chi connectivity index (χ0) is 17.2. The van der Waals surface area contributed by atoms with Gasteiger partial charge in [0.1, 0.15) is 23.5 Å². The normalized spacial score (nSPS) is 22.3. The van der Waals surface area contributed by atoms with Crippen molar-refractivity contribution in [2.24, 2.45) is 5.92 Å². The molecule has 2 N–H and O–H groups in total. The Morgan fingerprint density at radius 3 is 2.70 bits per heavy atom. The van der Waals surface area contributed by atoms with E-state index < -0.39 is 41.7 Å². The first-order valence-corrected chi connectivity index (χ1v) is 7.14. The maximum atomic E-state index is 11.9. The minimum Gasteiger partial charge on any atom is -0.467 e. The molecule has 126 valence electrons. The topological polar surface area (TPSA) is 115 Å². The fourth-order valence-corrected chi connectivity index (χ4v) is 2.21. The highest BCUT2D eigenvalue weighted by molar-refractivity contribution is 5.93. The van der Waals surface area contributed by atoms with Gasteiger partial charge in [-0.1, -0.05) is 0 Å². The smallest absolute Gasteiger partial charge is 0.467 e. The Morgan fingerprint density at radius 1 is 1.43 bits per heavy atom. The highest BCUT2D eigenvalue weighted by atomic mass is 16.7. The van der Waals surface area contributed by atoms with Gasteiger partial charge < -0.3 is 24.3 Å². The third-order valence-corrected chi connectivity index (χ3v) is 3.22. The summed E-state index contributed by atoms with van der Waals surface area (Å²) in [5.41, 5.74) is -0.797. The summed E-state index contributed by atoms with van der Waals surface area (Å²) in [5.74, 6) is -2.08. The molecule has 1 aliphatic rings. The fraction of sp³-hybridized carbons (Fsp3) is 0.533. The van der Waals surface area contributed by atoms with Crippen LogP contribution in [0.25, 0.3) is 0 Å². The summed E-state index contributed by atoms with van der Waals surface area (Å²) in [6.07, 6.45) is -0.946. The molecule has 0 aliphatic carbocycles. The lowest BCUT2D eigenvalue weighted by atomic mass is 9.97. The molecule has 0 bridgehead atoms. The van der Waals surface area contributed by atoms with E-state index in [1.807, 2.05) is 0 Å². The lowest BCUT2D eigenvalue weighted by Crippen LogP contribution is -2.37. The first-order valence-electron chi connectivity index (χ1n) is 7.14. The first-order chi connectivity index (χ1) is 10.7. The Morgan fingerprint density at radius 2 is 2.13 bits per heavy atom. The number of furan rings is 1. The third kappa shape index (κ3) is 4.32. The number of carbonyl (C=O) groups is 3. The molecule has 0 spiro atoms. The van der Waals surface area contributed by atoms with Crippen LogP contribution in [0, 0.1) is 5.92 Å². The number of hydrogen-bond donors (Lipinski definition) is 2. The van der Waals surface area contributed by atoms with E-state index >= 15 is 0 Å². The Bertz CT molecular complexity index is 587. The van der Waals surface area contributed by atoms with Gasteiger partial charge in [-0.2, -0.15) is 0 Å². The molecule has 8 nitrogen and oxygen atoms in total. The van der Waals surface area contributed by atoms with E-state index in [1.54, 1.807) is 26.8 Å². The monoisotopic (exact) mass is 325 g/mol. The average molecular weight is 325 g/mol. The molecule has 1 aliphatic heterocycles. The van der Waals surface area contributed by atoms with Gasteiger partial charge in [-0.05, 0) is 39.3 Å². The van der Waals surface area contributed by atoms with Gasteiger partial charge in [-0.15, -0.1) is 0 Å². The second-order valence-corrected chi connectivity index (χ2v) is 6.25. The van der Waals surface area contributed by atoms with Crippen molar-refractivity contribution in [2.45, 2.75) is 44.9 Å². The molecule has 0 saturated carbocycles. The standard InChI is InChI=1S/C15H19NO7/c1-15(2,3)23-14(20)22-13(19)9-7-8(12(18)16-9)11(17)10-5-4-6-21-10/h4-6,8-9,11,17H,7H2,1-3H3,(H,16,18)/t8?,9-,11?/m0/s1. The van der Waals surface area contributed by atoms with Crippen LogP contribution >= 0.6 is 0 Å². The minimum atomic E-state index is -1.18. The van der Waals surface area contributed by atoms with Gasteiger partial charge in [0.05, 0.1) is 12.2 Å². The molecule has 1 aromatic rings. The van der Waals surface area contributed by atoms with Crippen molar-refractivity contribution in [3.05, 3.63) is 24.2 Å². The van der Waals surface area contributed by atoms with Gasteiger partial charge in [-0.3, -0.25) is 4.79 Å². The van der Waals surface area contributed by atoms with Gasteiger partial charge in [0.25, 0.3) is 0 Å². The van der Waals surface area contributed by atoms with Crippen LogP contribution in [0.4, 0.5) is 4.79 Å². The molecule has 1 amide bonds. The van der Waals surface area contributed by atoms with E-state index in [9.17, 15) is 19.5 Å². The zero-order valence-corrected chi connectivity index (χ0v) is 13.1. The van der Waals surface area contributed by atoms with Crippen LogP contribution in [-0.4, -0.2) is 34.8 Å². The predicted octanol–water partition coefficient (Wildman–Crippen LogP) is 1.30.